The maximum Gasteiger partial charge on any atom is 0.418 e. The molecule has 3 aromatic carbocycles. The summed E-state index contributed by atoms with van der Waals surface area (Å²) in [4.78, 5) is 0. The number of benzene rings is 3. The van der Waals surface area contributed by atoms with E-state index < -0.39 is 36.0 Å². The first-order valence-electron chi connectivity index (χ1n) is 12.3. The van der Waals surface area contributed by atoms with E-state index in [0.717, 1.165) is 33.8 Å². The molecule has 0 saturated heterocycles. The number of halogens is 4. The van der Waals surface area contributed by atoms with E-state index in [1.165, 1.54) is 33.1 Å². The lowest BCUT2D eigenvalue weighted by Gasteiger charge is -2.38. The van der Waals surface area contributed by atoms with Gasteiger partial charge in [-0.05, 0) is 85.3 Å². The number of rotatable bonds is 8. The Bertz CT molecular complexity index is 1440. The number of aromatic nitrogens is 1. The van der Waals surface area contributed by atoms with Gasteiger partial charge in [0.2, 0.25) is 0 Å². The zero-order valence-corrected chi connectivity index (χ0v) is 22.1. The van der Waals surface area contributed by atoms with Gasteiger partial charge in [0.25, 0.3) is 0 Å². The van der Waals surface area contributed by atoms with Gasteiger partial charge in [-0.25, -0.2) is 4.39 Å². The first-order chi connectivity index (χ1) is 17.7. The normalized spacial score (nSPS) is 13.9. The number of nitrogens with one attached hydrogen (secondary N) is 1. The van der Waals surface area contributed by atoms with Gasteiger partial charge in [-0.15, -0.1) is 0 Å². The summed E-state index contributed by atoms with van der Waals surface area (Å²) in [6.07, 6.45) is -3.79. The van der Waals surface area contributed by atoms with Gasteiger partial charge in [-0.2, -0.15) is 13.2 Å². The minimum Gasteiger partial charge on any atom is -0.496 e. The number of aliphatic hydroxyl groups is 1. The monoisotopic (exact) mass is 528 g/mol. The molecule has 8 heteroatoms. The summed E-state index contributed by atoms with van der Waals surface area (Å²) < 4.78 is 64.3. The Balaban J connectivity index is 1.66. The van der Waals surface area contributed by atoms with Crippen molar-refractivity contribution in [3.05, 3.63) is 89.4 Å². The van der Waals surface area contributed by atoms with Crippen molar-refractivity contribution < 1.29 is 27.4 Å². The highest BCUT2D eigenvalue weighted by atomic mass is 19.4. The van der Waals surface area contributed by atoms with E-state index in [1.807, 2.05) is 48.9 Å². The number of hydrogen-bond donors (Lipinski definition) is 2. The van der Waals surface area contributed by atoms with E-state index in [-0.39, 0.29) is 11.3 Å². The van der Waals surface area contributed by atoms with Gasteiger partial charge >= 0.3 is 6.18 Å². The fourth-order valence-corrected chi connectivity index (χ4v) is 5.18. The third kappa shape index (κ3) is 5.36. The van der Waals surface area contributed by atoms with Crippen molar-refractivity contribution in [2.75, 3.05) is 19.0 Å². The van der Waals surface area contributed by atoms with Gasteiger partial charge in [-0.3, -0.25) is 0 Å². The van der Waals surface area contributed by atoms with Crippen molar-refractivity contribution in [3.8, 4) is 11.4 Å². The van der Waals surface area contributed by atoms with Crippen molar-refractivity contribution >= 4 is 16.6 Å². The number of fused-ring (bicyclic) bond motifs is 1. The van der Waals surface area contributed by atoms with Crippen LogP contribution in [-0.2, 0) is 5.41 Å². The quantitative estimate of drug-likeness (QED) is 0.233. The van der Waals surface area contributed by atoms with Crippen molar-refractivity contribution in [3.63, 3.8) is 0 Å². The van der Waals surface area contributed by atoms with Crippen LogP contribution in [0.25, 0.3) is 16.6 Å². The Labute approximate surface area is 219 Å². The Morgan fingerprint density at radius 2 is 1.63 bits per heavy atom. The molecule has 0 spiro atoms. The molecule has 1 unspecified atom stereocenters. The summed E-state index contributed by atoms with van der Waals surface area (Å²) in [5, 5.41) is 14.6. The molecule has 202 valence electrons. The molecule has 0 fully saturated rings. The second kappa shape index (κ2) is 9.98. The van der Waals surface area contributed by atoms with Crippen LogP contribution in [0.2, 0.25) is 0 Å². The molecule has 1 atom stereocenters. The van der Waals surface area contributed by atoms with Crippen LogP contribution >= 0.6 is 0 Å². The second-order valence-electron chi connectivity index (χ2n) is 10.6. The van der Waals surface area contributed by atoms with E-state index in [4.69, 9.17) is 4.74 Å². The molecule has 38 heavy (non-hydrogen) atoms. The first-order valence-corrected chi connectivity index (χ1v) is 12.3. The maximum atomic E-state index is 14.3. The minimum absolute atomic E-state index is 0.246. The molecule has 0 saturated carbocycles. The van der Waals surface area contributed by atoms with Crippen LogP contribution in [0.3, 0.4) is 0 Å². The van der Waals surface area contributed by atoms with Crippen LogP contribution in [0.5, 0.6) is 5.75 Å². The molecule has 4 aromatic rings. The fourth-order valence-electron chi connectivity index (χ4n) is 5.18. The Morgan fingerprint density at radius 1 is 0.947 bits per heavy atom. The minimum atomic E-state index is -4.95. The summed E-state index contributed by atoms with van der Waals surface area (Å²) >= 11 is 0. The number of nitrogens with zero attached hydrogens (tertiary/aromatic N) is 1. The van der Waals surface area contributed by atoms with Crippen LogP contribution in [0.4, 0.5) is 23.2 Å². The van der Waals surface area contributed by atoms with Crippen molar-refractivity contribution in [2.24, 2.45) is 0 Å². The number of methoxy groups -OCH3 is 1. The zero-order valence-electron chi connectivity index (χ0n) is 22.1. The molecule has 0 amide bonds. The average molecular weight is 529 g/mol. The summed E-state index contributed by atoms with van der Waals surface area (Å²) in [6.45, 7) is 6.30. The van der Waals surface area contributed by atoms with Gasteiger partial charge in [0.05, 0.1) is 19.2 Å². The lowest BCUT2D eigenvalue weighted by molar-refractivity contribution is -0.260. The molecule has 4 rings (SSSR count). The van der Waals surface area contributed by atoms with Crippen LogP contribution in [-0.4, -0.2) is 35.1 Å². The largest absolute Gasteiger partial charge is 0.496 e. The van der Waals surface area contributed by atoms with Gasteiger partial charge < -0.3 is 19.7 Å². The van der Waals surface area contributed by atoms with Crippen LogP contribution in [0.15, 0.2) is 66.9 Å². The molecule has 1 heterocycles. The Morgan fingerprint density at radius 3 is 2.26 bits per heavy atom. The predicted molar refractivity (Wildman–Crippen MR) is 143 cm³/mol. The summed E-state index contributed by atoms with van der Waals surface area (Å²) in [7, 11) is 1.37. The van der Waals surface area contributed by atoms with Crippen LogP contribution in [0.1, 0.15) is 37.0 Å². The van der Waals surface area contributed by atoms with Crippen molar-refractivity contribution in [1.29, 1.82) is 0 Å². The molecule has 1 aromatic heterocycles. The third-order valence-corrected chi connectivity index (χ3v) is 6.94. The van der Waals surface area contributed by atoms with E-state index in [9.17, 15) is 22.7 Å². The molecular weight excluding hydrogens is 496 g/mol. The Hall–Kier alpha value is -3.52. The topological polar surface area (TPSA) is 46.4 Å². The number of aryl methyl sites for hydroxylation is 2. The average Bonchev–Trinajstić information content (AvgIpc) is 3.26. The summed E-state index contributed by atoms with van der Waals surface area (Å²) in [5.74, 6) is -0.339. The molecule has 2 N–H and O–H groups in total. The van der Waals surface area contributed by atoms with Crippen molar-refractivity contribution in [1.82, 2.24) is 4.57 Å². The lowest BCUT2D eigenvalue weighted by atomic mass is 9.74. The fraction of sp³-hybridized carbons (Fsp3) is 0.333. The number of ether oxygens (including phenoxy) is 1. The van der Waals surface area contributed by atoms with Crippen molar-refractivity contribution in [2.45, 2.75) is 51.3 Å². The zero-order chi connectivity index (χ0) is 27.9. The highest BCUT2D eigenvalue weighted by Crippen LogP contribution is 2.44. The summed E-state index contributed by atoms with van der Waals surface area (Å²) in [6, 6.07) is 17.0. The molecule has 0 aliphatic heterocycles. The molecule has 0 aliphatic rings. The molecule has 4 nitrogen and oxygen atoms in total. The van der Waals surface area contributed by atoms with E-state index in [2.05, 4.69) is 11.4 Å². The third-order valence-electron chi connectivity index (χ3n) is 6.94. The molecular formula is C30H32F4N2O2. The molecule has 0 radical (unpaired) electrons. The van der Waals surface area contributed by atoms with E-state index >= 15 is 0 Å². The predicted octanol–water partition coefficient (Wildman–Crippen LogP) is 7.47. The highest BCUT2D eigenvalue weighted by Gasteiger charge is 2.56. The summed E-state index contributed by atoms with van der Waals surface area (Å²) in [5.41, 5.74) is 0.314. The smallest absolute Gasteiger partial charge is 0.418 e. The first kappa shape index (κ1) is 27.5. The highest BCUT2D eigenvalue weighted by molar-refractivity contribution is 5.93. The second-order valence-corrected chi connectivity index (χ2v) is 10.6. The SMILES string of the molecule is COc1ccc(F)cc1C(C)(C)CC(O)(CNc1cccc2c1ccn2-c1cc(C)cc(C)c1)C(F)(F)F. The lowest BCUT2D eigenvalue weighted by Crippen LogP contribution is -2.53. The van der Waals surface area contributed by atoms with Gasteiger partial charge in [0.1, 0.15) is 11.6 Å². The van der Waals surface area contributed by atoms with E-state index in [1.54, 1.807) is 12.1 Å². The molecule has 0 bridgehead atoms. The van der Waals surface area contributed by atoms with Crippen LogP contribution in [0, 0.1) is 19.7 Å². The Kier molecular flexibility index (Phi) is 7.23. The number of anilines is 1. The number of alkyl halides is 3. The van der Waals surface area contributed by atoms with Gasteiger partial charge in [-0.1, -0.05) is 26.0 Å². The van der Waals surface area contributed by atoms with Gasteiger partial charge in [0.15, 0.2) is 5.60 Å². The standard InChI is InChI=1S/C30H32F4N2O2/c1-19-13-20(2)15-22(14-19)36-12-11-23-25(7-6-8-26(23)36)35-18-29(37,30(32,33)34)17-28(3,4)24-16-21(31)9-10-27(24)38-5/h6-16,35,37H,17-18H2,1-5H3. The van der Waals surface area contributed by atoms with Gasteiger partial charge in [0, 0.05) is 28.5 Å². The number of hydrogen-bond acceptors (Lipinski definition) is 3. The van der Waals surface area contributed by atoms with E-state index in [0.29, 0.717) is 5.69 Å². The maximum absolute atomic E-state index is 14.3. The molecule has 0 aliphatic carbocycles. The van der Waals surface area contributed by atoms with Crippen LogP contribution < -0.4 is 10.1 Å².